The van der Waals surface area contributed by atoms with Gasteiger partial charge in [-0.05, 0) is 60.2 Å². The van der Waals surface area contributed by atoms with Crippen molar-refractivity contribution < 1.29 is 14.3 Å². The Morgan fingerprint density at radius 2 is 1.85 bits per heavy atom. The maximum atomic E-state index is 12.5. The molecule has 1 aliphatic rings. The highest BCUT2D eigenvalue weighted by molar-refractivity contribution is 8.18. The second-order valence-electron chi connectivity index (χ2n) is 6.48. The lowest BCUT2D eigenvalue weighted by molar-refractivity contribution is -0.123. The Morgan fingerprint density at radius 3 is 2.52 bits per heavy atom. The van der Waals surface area contributed by atoms with Gasteiger partial charge in [0.05, 0.1) is 11.4 Å². The van der Waals surface area contributed by atoms with Crippen LogP contribution in [0, 0.1) is 6.92 Å². The van der Waals surface area contributed by atoms with E-state index >= 15 is 0 Å². The van der Waals surface area contributed by atoms with E-state index in [1.807, 2.05) is 74.4 Å². The summed E-state index contributed by atoms with van der Waals surface area (Å²) in [6, 6.07) is 15.5. The Kier molecular flexibility index (Phi) is 5.86. The third kappa shape index (κ3) is 4.71. The van der Waals surface area contributed by atoms with E-state index in [1.54, 1.807) is 6.08 Å². The average molecular weight is 382 g/mol. The molecule has 0 aromatic heterocycles. The van der Waals surface area contributed by atoms with Gasteiger partial charge in [-0.1, -0.05) is 24.3 Å². The van der Waals surface area contributed by atoms with Gasteiger partial charge in [0.1, 0.15) is 12.4 Å². The van der Waals surface area contributed by atoms with Crippen LogP contribution in [0.3, 0.4) is 0 Å². The number of amides is 2. The van der Waals surface area contributed by atoms with Crippen LogP contribution in [0.15, 0.2) is 53.4 Å². The van der Waals surface area contributed by atoms with E-state index in [0.29, 0.717) is 4.91 Å². The molecule has 0 bridgehead atoms. The van der Waals surface area contributed by atoms with Crippen molar-refractivity contribution in [3.05, 3.63) is 64.6 Å². The lowest BCUT2D eigenvalue weighted by atomic mass is 10.2. The molecule has 0 N–H and O–H groups in total. The van der Waals surface area contributed by atoms with Crippen molar-refractivity contribution in [2.24, 2.45) is 0 Å². The number of hydrogen-bond acceptors (Lipinski definition) is 5. The first-order chi connectivity index (χ1) is 12.9. The second-order valence-corrected chi connectivity index (χ2v) is 7.48. The summed E-state index contributed by atoms with van der Waals surface area (Å²) in [5.41, 5.74) is 3.07. The Balaban J connectivity index is 1.62. The zero-order chi connectivity index (χ0) is 19.4. The van der Waals surface area contributed by atoms with Crippen molar-refractivity contribution >= 4 is 34.7 Å². The fourth-order valence-corrected chi connectivity index (χ4v) is 3.54. The van der Waals surface area contributed by atoms with Gasteiger partial charge in [-0.15, -0.1) is 0 Å². The normalized spacial score (nSPS) is 15.5. The van der Waals surface area contributed by atoms with Crippen molar-refractivity contribution in [3.63, 3.8) is 0 Å². The van der Waals surface area contributed by atoms with Crippen LogP contribution in [0.2, 0.25) is 0 Å². The molecule has 0 spiro atoms. The lowest BCUT2D eigenvalue weighted by Crippen LogP contribution is -2.32. The standard InChI is InChI=1S/C21H22N2O3S/c1-15-5-4-6-18(13-15)26-12-11-23-20(24)19(27-21(23)25)14-16-7-9-17(10-8-16)22(2)3/h4-10,13-14H,11-12H2,1-3H3/b19-14+. The maximum absolute atomic E-state index is 12.5. The van der Waals surface area contributed by atoms with Gasteiger partial charge in [-0.2, -0.15) is 0 Å². The average Bonchev–Trinajstić information content (AvgIpc) is 2.89. The zero-order valence-corrected chi connectivity index (χ0v) is 16.5. The number of anilines is 1. The summed E-state index contributed by atoms with van der Waals surface area (Å²) in [7, 11) is 3.94. The summed E-state index contributed by atoms with van der Waals surface area (Å²) < 4.78 is 5.66. The summed E-state index contributed by atoms with van der Waals surface area (Å²) in [4.78, 5) is 28.4. The second kappa shape index (κ2) is 8.31. The first-order valence-corrected chi connectivity index (χ1v) is 9.48. The molecule has 27 heavy (non-hydrogen) atoms. The van der Waals surface area contributed by atoms with E-state index in [0.717, 1.165) is 34.3 Å². The van der Waals surface area contributed by atoms with Crippen molar-refractivity contribution in [3.8, 4) is 5.75 Å². The van der Waals surface area contributed by atoms with Gasteiger partial charge < -0.3 is 9.64 Å². The fraction of sp³-hybridized carbons (Fsp3) is 0.238. The van der Waals surface area contributed by atoms with Gasteiger partial charge in [0, 0.05) is 19.8 Å². The number of nitrogens with zero attached hydrogens (tertiary/aromatic N) is 2. The third-order valence-corrected chi connectivity index (χ3v) is 5.06. The predicted molar refractivity (Wildman–Crippen MR) is 110 cm³/mol. The van der Waals surface area contributed by atoms with Crippen LogP contribution < -0.4 is 9.64 Å². The molecule has 0 saturated carbocycles. The quantitative estimate of drug-likeness (QED) is 0.702. The largest absolute Gasteiger partial charge is 0.492 e. The van der Waals surface area contributed by atoms with Crippen LogP contribution in [0.5, 0.6) is 5.75 Å². The van der Waals surface area contributed by atoms with Crippen molar-refractivity contribution in [1.29, 1.82) is 0 Å². The summed E-state index contributed by atoms with van der Waals surface area (Å²) >= 11 is 0.968. The van der Waals surface area contributed by atoms with Gasteiger partial charge in [-0.3, -0.25) is 14.5 Å². The first-order valence-electron chi connectivity index (χ1n) is 8.66. The molecule has 6 heteroatoms. The molecular formula is C21H22N2O3S. The molecule has 1 heterocycles. The molecule has 5 nitrogen and oxygen atoms in total. The smallest absolute Gasteiger partial charge is 0.293 e. The summed E-state index contributed by atoms with van der Waals surface area (Å²) in [5, 5.41) is -0.260. The minimum atomic E-state index is -0.269. The van der Waals surface area contributed by atoms with E-state index in [1.165, 1.54) is 4.90 Å². The number of ether oxygens (including phenoxy) is 1. The molecule has 2 amide bonds. The van der Waals surface area contributed by atoms with Crippen LogP contribution in [-0.4, -0.2) is 43.3 Å². The predicted octanol–water partition coefficient (Wildman–Crippen LogP) is 4.18. The number of hydrogen-bond donors (Lipinski definition) is 0. The molecule has 2 aromatic rings. The molecule has 3 rings (SSSR count). The molecule has 2 aromatic carbocycles. The van der Waals surface area contributed by atoms with E-state index in [9.17, 15) is 9.59 Å². The van der Waals surface area contributed by atoms with Crippen molar-refractivity contribution in [2.45, 2.75) is 6.92 Å². The van der Waals surface area contributed by atoms with Crippen LogP contribution in [-0.2, 0) is 4.79 Å². The molecule has 1 aliphatic heterocycles. The summed E-state index contributed by atoms with van der Waals surface area (Å²) in [5.74, 6) is 0.466. The zero-order valence-electron chi connectivity index (χ0n) is 15.6. The highest BCUT2D eigenvalue weighted by Crippen LogP contribution is 2.32. The number of thioether (sulfide) groups is 1. The lowest BCUT2D eigenvalue weighted by Gasteiger charge is -2.13. The third-order valence-electron chi connectivity index (χ3n) is 4.15. The van der Waals surface area contributed by atoms with E-state index < -0.39 is 0 Å². The van der Waals surface area contributed by atoms with E-state index in [4.69, 9.17) is 4.74 Å². The number of aryl methyl sites for hydroxylation is 1. The SMILES string of the molecule is Cc1cccc(OCCN2C(=O)S/C(=C/c3ccc(N(C)C)cc3)C2=O)c1. The maximum Gasteiger partial charge on any atom is 0.293 e. The highest BCUT2D eigenvalue weighted by atomic mass is 32.2. The summed E-state index contributed by atoms with van der Waals surface area (Å²) in [6.45, 7) is 2.49. The molecular weight excluding hydrogens is 360 g/mol. The van der Waals surface area contributed by atoms with Gasteiger partial charge in [0.2, 0.25) is 0 Å². The molecule has 0 atom stereocenters. The molecule has 0 radical (unpaired) electrons. The van der Waals surface area contributed by atoms with Gasteiger partial charge in [0.25, 0.3) is 11.1 Å². The first kappa shape index (κ1) is 19.0. The number of benzene rings is 2. The Morgan fingerprint density at radius 1 is 1.11 bits per heavy atom. The highest BCUT2D eigenvalue weighted by Gasteiger charge is 2.34. The number of carbonyl (C=O) groups is 2. The minimum Gasteiger partial charge on any atom is -0.492 e. The van der Waals surface area contributed by atoms with Crippen LogP contribution in [0.1, 0.15) is 11.1 Å². The topological polar surface area (TPSA) is 49.9 Å². The Bertz CT molecular complexity index is 875. The van der Waals surface area contributed by atoms with Crippen LogP contribution >= 0.6 is 11.8 Å². The number of imide groups is 1. The molecule has 1 fully saturated rings. The van der Waals surface area contributed by atoms with Crippen LogP contribution in [0.25, 0.3) is 6.08 Å². The number of carbonyl (C=O) groups excluding carboxylic acids is 2. The van der Waals surface area contributed by atoms with Crippen molar-refractivity contribution in [2.75, 3.05) is 32.1 Å². The van der Waals surface area contributed by atoms with Crippen molar-refractivity contribution in [1.82, 2.24) is 4.90 Å². The van der Waals surface area contributed by atoms with E-state index in [-0.39, 0.29) is 24.3 Å². The monoisotopic (exact) mass is 382 g/mol. The number of rotatable bonds is 6. The van der Waals surface area contributed by atoms with Gasteiger partial charge >= 0.3 is 0 Å². The summed E-state index contributed by atoms with van der Waals surface area (Å²) in [6.07, 6.45) is 1.76. The van der Waals surface area contributed by atoms with Gasteiger partial charge in [-0.25, -0.2) is 0 Å². The molecule has 1 saturated heterocycles. The fourth-order valence-electron chi connectivity index (χ4n) is 2.67. The Hall–Kier alpha value is -2.73. The van der Waals surface area contributed by atoms with Gasteiger partial charge in [0.15, 0.2) is 0 Å². The molecule has 0 aliphatic carbocycles. The molecule has 140 valence electrons. The molecule has 0 unspecified atom stereocenters. The van der Waals surface area contributed by atoms with Crippen LogP contribution in [0.4, 0.5) is 10.5 Å². The Labute approximate surface area is 163 Å². The van der Waals surface area contributed by atoms with E-state index in [2.05, 4.69) is 0 Å². The minimum absolute atomic E-state index is 0.232.